The molecule has 0 aliphatic carbocycles. The van der Waals surface area contributed by atoms with Gasteiger partial charge in [-0.25, -0.2) is 4.79 Å². The molecule has 0 aliphatic heterocycles. The summed E-state index contributed by atoms with van der Waals surface area (Å²) in [6.07, 6.45) is -0.473. The van der Waals surface area contributed by atoms with Gasteiger partial charge in [0.1, 0.15) is 17.1 Å². The van der Waals surface area contributed by atoms with Gasteiger partial charge in [-0.3, -0.25) is 4.90 Å². The number of carbonyl (C=O) groups excluding carboxylic acids is 1. The highest BCUT2D eigenvalue weighted by Crippen LogP contribution is 2.32. The molecule has 158 valence electrons. The summed E-state index contributed by atoms with van der Waals surface area (Å²) in [7, 11) is 3.70. The van der Waals surface area contributed by atoms with Crippen molar-refractivity contribution in [3.05, 3.63) is 42.5 Å². The number of hydrogen-bond donors (Lipinski definition) is 1. The van der Waals surface area contributed by atoms with Gasteiger partial charge in [-0.1, -0.05) is 19.9 Å². The average molecular weight is 400 g/mol. The van der Waals surface area contributed by atoms with Crippen molar-refractivity contribution in [3.8, 4) is 11.5 Å². The molecule has 29 heavy (non-hydrogen) atoms. The molecule has 2 rings (SSSR count). The molecule has 6 heteroatoms. The van der Waals surface area contributed by atoms with E-state index in [-0.39, 0.29) is 0 Å². The number of carbonyl (C=O) groups is 1. The van der Waals surface area contributed by atoms with Crippen molar-refractivity contribution in [2.45, 2.75) is 40.2 Å². The van der Waals surface area contributed by atoms with E-state index in [4.69, 9.17) is 15.2 Å². The number of nitrogens with two attached hydrogens (primary N) is 1. The molecule has 1 amide bonds. The van der Waals surface area contributed by atoms with Gasteiger partial charge in [0.25, 0.3) is 0 Å². The van der Waals surface area contributed by atoms with Crippen LogP contribution in [0.4, 0.5) is 21.9 Å². The van der Waals surface area contributed by atoms with Crippen LogP contribution >= 0.6 is 0 Å². The molecule has 2 N–H and O–H groups in total. The molecule has 0 spiro atoms. The molecule has 0 bridgehead atoms. The first kappa shape index (κ1) is 22.4. The second-order valence-electron chi connectivity index (χ2n) is 8.63. The van der Waals surface area contributed by atoms with Crippen LogP contribution in [0.15, 0.2) is 42.5 Å². The summed E-state index contributed by atoms with van der Waals surface area (Å²) >= 11 is 0. The number of ether oxygens (including phenoxy) is 2. The second kappa shape index (κ2) is 9.07. The smallest absolute Gasteiger partial charge is 0.414 e. The molecule has 2 aromatic rings. The molecular weight excluding hydrogens is 366 g/mol. The number of nitrogens with zero attached hydrogens (tertiary/aromatic N) is 2. The summed E-state index contributed by atoms with van der Waals surface area (Å²) in [5.41, 5.74) is 7.58. The highest BCUT2D eigenvalue weighted by Gasteiger charge is 2.22. The third-order valence-electron chi connectivity index (χ3n) is 4.16. The number of nitrogen functional groups attached to an aromatic ring is 1. The minimum absolute atomic E-state index is 0.469. The molecule has 2 aromatic carbocycles. The lowest BCUT2D eigenvalue weighted by atomic mass is 10.2. The number of benzene rings is 2. The Bertz CT molecular complexity index is 844. The van der Waals surface area contributed by atoms with Gasteiger partial charge in [-0.05, 0) is 51.0 Å². The summed E-state index contributed by atoms with van der Waals surface area (Å²) in [6, 6.07) is 13.2. The number of amides is 1. The first-order valence-corrected chi connectivity index (χ1v) is 9.81. The van der Waals surface area contributed by atoms with Gasteiger partial charge >= 0.3 is 6.09 Å². The molecule has 0 fully saturated rings. The Labute approximate surface area is 174 Å². The van der Waals surface area contributed by atoms with Crippen molar-refractivity contribution >= 4 is 23.2 Å². The zero-order chi connectivity index (χ0) is 21.8. The first-order valence-electron chi connectivity index (χ1n) is 9.81. The lowest BCUT2D eigenvalue weighted by Gasteiger charge is -2.25. The van der Waals surface area contributed by atoms with Gasteiger partial charge in [0.15, 0.2) is 0 Å². The molecule has 0 atom stereocenters. The Morgan fingerprint density at radius 3 is 2.34 bits per heavy atom. The minimum Gasteiger partial charge on any atom is -0.457 e. The maximum absolute atomic E-state index is 12.4. The summed E-state index contributed by atoms with van der Waals surface area (Å²) in [5, 5.41) is 0. The van der Waals surface area contributed by atoms with E-state index in [1.54, 1.807) is 25.2 Å². The van der Waals surface area contributed by atoms with Crippen LogP contribution in [0.2, 0.25) is 0 Å². The number of anilines is 3. The van der Waals surface area contributed by atoms with Gasteiger partial charge in [0, 0.05) is 38.5 Å². The lowest BCUT2D eigenvalue weighted by Crippen LogP contribution is -2.34. The van der Waals surface area contributed by atoms with Crippen LogP contribution in [0.1, 0.15) is 34.6 Å². The van der Waals surface area contributed by atoms with E-state index in [0.717, 1.165) is 12.2 Å². The van der Waals surface area contributed by atoms with E-state index < -0.39 is 11.7 Å². The molecule has 0 radical (unpaired) electrons. The van der Waals surface area contributed by atoms with Crippen molar-refractivity contribution in [3.63, 3.8) is 0 Å². The maximum atomic E-state index is 12.4. The fraction of sp³-hybridized carbons (Fsp3) is 0.435. The topological polar surface area (TPSA) is 68.0 Å². The van der Waals surface area contributed by atoms with Gasteiger partial charge in [-0.15, -0.1) is 0 Å². The molecule has 0 aliphatic rings. The fourth-order valence-electron chi connectivity index (χ4n) is 2.88. The van der Waals surface area contributed by atoms with Crippen LogP contribution in [0, 0.1) is 5.92 Å². The Hall–Kier alpha value is -2.89. The largest absolute Gasteiger partial charge is 0.457 e. The van der Waals surface area contributed by atoms with E-state index in [1.807, 2.05) is 39.0 Å². The van der Waals surface area contributed by atoms with Crippen LogP contribution in [-0.4, -0.2) is 32.3 Å². The van der Waals surface area contributed by atoms with E-state index >= 15 is 0 Å². The van der Waals surface area contributed by atoms with Gasteiger partial charge < -0.3 is 20.1 Å². The van der Waals surface area contributed by atoms with Crippen molar-refractivity contribution in [1.82, 2.24) is 0 Å². The predicted molar refractivity (Wildman–Crippen MR) is 120 cm³/mol. The number of rotatable bonds is 6. The Morgan fingerprint density at radius 2 is 1.72 bits per heavy atom. The van der Waals surface area contributed by atoms with Crippen LogP contribution in [0.25, 0.3) is 0 Å². The second-order valence-corrected chi connectivity index (χ2v) is 8.63. The SMILES string of the molecule is CC(C)CN(C)c1cccc(Oc2ccc(N)c(N(C)C(=O)OC(C)(C)C)c2)c1. The fourth-order valence-corrected chi connectivity index (χ4v) is 2.88. The Morgan fingerprint density at radius 1 is 1.07 bits per heavy atom. The molecule has 0 saturated carbocycles. The zero-order valence-corrected chi connectivity index (χ0v) is 18.5. The van der Waals surface area contributed by atoms with Gasteiger partial charge in [-0.2, -0.15) is 0 Å². The summed E-state index contributed by atoms with van der Waals surface area (Å²) < 4.78 is 11.5. The maximum Gasteiger partial charge on any atom is 0.414 e. The van der Waals surface area contributed by atoms with Gasteiger partial charge in [0.2, 0.25) is 0 Å². The molecule has 0 aromatic heterocycles. The predicted octanol–water partition coefficient (Wildman–Crippen LogP) is 5.52. The van der Waals surface area contributed by atoms with E-state index in [1.165, 1.54) is 4.90 Å². The first-order chi connectivity index (χ1) is 13.5. The van der Waals surface area contributed by atoms with E-state index in [9.17, 15) is 4.79 Å². The Balaban J connectivity index is 2.21. The molecule has 6 nitrogen and oxygen atoms in total. The summed E-state index contributed by atoms with van der Waals surface area (Å²) in [6.45, 7) is 10.8. The van der Waals surface area contributed by atoms with Crippen molar-refractivity contribution in [2.75, 3.05) is 36.2 Å². The molecule has 0 unspecified atom stereocenters. The quantitative estimate of drug-likeness (QED) is 0.647. The molecule has 0 heterocycles. The summed E-state index contributed by atoms with van der Waals surface area (Å²) in [4.78, 5) is 16.0. The third-order valence-corrected chi connectivity index (χ3v) is 4.16. The minimum atomic E-state index is -0.587. The average Bonchev–Trinajstić information content (AvgIpc) is 2.61. The zero-order valence-electron chi connectivity index (χ0n) is 18.5. The normalized spacial score (nSPS) is 11.3. The van der Waals surface area contributed by atoms with Crippen LogP contribution in [0.5, 0.6) is 11.5 Å². The summed E-state index contributed by atoms with van der Waals surface area (Å²) in [5.74, 6) is 1.87. The van der Waals surface area contributed by atoms with Gasteiger partial charge in [0.05, 0.1) is 11.4 Å². The number of hydrogen-bond acceptors (Lipinski definition) is 5. The van der Waals surface area contributed by atoms with E-state index in [0.29, 0.717) is 28.8 Å². The highest BCUT2D eigenvalue weighted by atomic mass is 16.6. The molecular formula is C23H33N3O3. The van der Waals surface area contributed by atoms with E-state index in [2.05, 4.69) is 31.9 Å². The van der Waals surface area contributed by atoms with Crippen molar-refractivity contribution in [2.24, 2.45) is 5.92 Å². The lowest BCUT2D eigenvalue weighted by molar-refractivity contribution is 0.0589. The van der Waals surface area contributed by atoms with Crippen LogP contribution < -0.4 is 20.3 Å². The molecule has 0 saturated heterocycles. The van der Waals surface area contributed by atoms with Crippen molar-refractivity contribution < 1.29 is 14.3 Å². The Kier molecular flexibility index (Phi) is 7.01. The standard InChI is InChI=1S/C23H33N3O3/c1-16(2)15-25(6)17-9-8-10-18(13-17)28-19-11-12-20(24)21(14-19)26(7)22(27)29-23(3,4)5/h8-14,16H,15,24H2,1-7H3. The van der Waals surface area contributed by atoms with Crippen LogP contribution in [0.3, 0.4) is 0 Å². The highest BCUT2D eigenvalue weighted by molar-refractivity contribution is 5.91. The third kappa shape index (κ3) is 6.59. The van der Waals surface area contributed by atoms with Crippen molar-refractivity contribution in [1.29, 1.82) is 0 Å². The van der Waals surface area contributed by atoms with Crippen LogP contribution in [-0.2, 0) is 4.74 Å². The monoisotopic (exact) mass is 399 g/mol.